The van der Waals surface area contributed by atoms with E-state index < -0.39 is 27.8 Å². The highest BCUT2D eigenvalue weighted by Gasteiger charge is 2.20. The van der Waals surface area contributed by atoms with Crippen molar-refractivity contribution in [1.29, 1.82) is 0 Å². The average Bonchev–Trinajstić information content (AvgIpc) is 2.66. The predicted molar refractivity (Wildman–Crippen MR) is 103 cm³/mol. The molecule has 1 N–H and O–H groups in total. The summed E-state index contributed by atoms with van der Waals surface area (Å²) in [4.78, 5) is 24.2. The molecule has 2 aromatic carbocycles. The third-order valence-corrected chi connectivity index (χ3v) is 5.78. The second-order valence-corrected chi connectivity index (χ2v) is 8.35. The summed E-state index contributed by atoms with van der Waals surface area (Å²) in [5, 5.41) is 6.19. The van der Waals surface area contributed by atoms with Gasteiger partial charge in [0.25, 0.3) is 5.56 Å². The van der Waals surface area contributed by atoms with E-state index in [1.807, 2.05) is 0 Å². The molecule has 0 radical (unpaired) electrons. The Labute approximate surface area is 163 Å². The summed E-state index contributed by atoms with van der Waals surface area (Å²) in [7, 11) is -3.89. The van der Waals surface area contributed by atoms with Gasteiger partial charge < -0.3 is 5.32 Å². The van der Waals surface area contributed by atoms with E-state index in [1.54, 1.807) is 42.5 Å². The van der Waals surface area contributed by atoms with E-state index in [0.29, 0.717) is 5.69 Å². The van der Waals surface area contributed by atoms with Gasteiger partial charge in [0.05, 0.1) is 4.90 Å². The number of benzene rings is 2. The lowest BCUT2D eigenvalue weighted by molar-refractivity contribution is -0.117. The van der Waals surface area contributed by atoms with E-state index in [2.05, 4.69) is 26.3 Å². The molecule has 1 heterocycles. The largest absolute Gasteiger partial charge is 0.324 e. The van der Waals surface area contributed by atoms with Gasteiger partial charge in [0.2, 0.25) is 15.7 Å². The number of hydrogen-bond donors (Lipinski definition) is 1. The molecular formula is C18H14BrN3O4S. The molecule has 3 aromatic rings. The van der Waals surface area contributed by atoms with Crippen molar-refractivity contribution in [3.8, 4) is 0 Å². The van der Waals surface area contributed by atoms with E-state index in [1.165, 1.54) is 12.1 Å². The number of carbonyl (C=O) groups is 1. The first-order valence-corrected chi connectivity index (χ1v) is 10.1. The Morgan fingerprint density at radius 2 is 1.67 bits per heavy atom. The molecule has 0 saturated carbocycles. The molecule has 3 rings (SSSR count). The lowest BCUT2D eigenvalue weighted by atomic mass is 10.3. The zero-order valence-electron chi connectivity index (χ0n) is 13.9. The van der Waals surface area contributed by atoms with Gasteiger partial charge in [-0.2, -0.15) is 5.10 Å². The second kappa shape index (κ2) is 7.85. The molecule has 0 atom stereocenters. The van der Waals surface area contributed by atoms with Gasteiger partial charge in [-0.15, -0.1) is 0 Å². The van der Waals surface area contributed by atoms with Crippen LogP contribution in [0.4, 0.5) is 5.69 Å². The summed E-state index contributed by atoms with van der Waals surface area (Å²) < 4.78 is 26.9. The topological polar surface area (TPSA) is 98.1 Å². The van der Waals surface area contributed by atoms with Crippen molar-refractivity contribution < 1.29 is 13.2 Å². The van der Waals surface area contributed by atoms with Crippen molar-refractivity contribution >= 4 is 37.4 Å². The molecule has 1 amide bonds. The fraction of sp³-hybridized carbons (Fsp3) is 0.0556. The van der Waals surface area contributed by atoms with Crippen LogP contribution < -0.4 is 10.9 Å². The summed E-state index contributed by atoms with van der Waals surface area (Å²) in [6.07, 6.45) is 0. The highest BCUT2D eigenvalue weighted by Crippen LogP contribution is 2.17. The van der Waals surface area contributed by atoms with Gasteiger partial charge in [0.1, 0.15) is 6.54 Å². The summed E-state index contributed by atoms with van der Waals surface area (Å²) in [6.45, 7) is -0.410. The maximum absolute atomic E-state index is 12.6. The van der Waals surface area contributed by atoms with Gasteiger partial charge in [-0.05, 0) is 42.5 Å². The molecule has 0 bridgehead atoms. The van der Waals surface area contributed by atoms with Crippen LogP contribution in [0.25, 0.3) is 0 Å². The fourth-order valence-corrected chi connectivity index (χ4v) is 3.75. The monoisotopic (exact) mass is 447 g/mol. The van der Waals surface area contributed by atoms with Crippen LogP contribution in [0.3, 0.4) is 0 Å². The molecule has 1 aromatic heterocycles. The Balaban J connectivity index is 1.84. The van der Waals surface area contributed by atoms with Gasteiger partial charge >= 0.3 is 0 Å². The quantitative estimate of drug-likeness (QED) is 0.647. The summed E-state index contributed by atoms with van der Waals surface area (Å²) in [6, 6.07) is 16.9. The molecule has 9 heteroatoms. The van der Waals surface area contributed by atoms with Crippen LogP contribution in [0, 0.1) is 0 Å². The second-order valence-electron chi connectivity index (χ2n) is 5.54. The minimum atomic E-state index is -3.89. The molecule has 0 fully saturated rings. The highest BCUT2D eigenvalue weighted by atomic mass is 79.9. The number of carbonyl (C=O) groups excluding carboxylic acids is 1. The molecular weight excluding hydrogens is 434 g/mol. The number of nitrogens with one attached hydrogen (secondary N) is 1. The first kappa shape index (κ1) is 19.0. The number of amides is 1. The van der Waals surface area contributed by atoms with Crippen LogP contribution in [0.2, 0.25) is 0 Å². The zero-order valence-corrected chi connectivity index (χ0v) is 16.3. The van der Waals surface area contributed by atoms with Crippen molar-refractivity contribution in [2.24, 2.45) is 0 Å². The SMILES string of the molecule is O=C(Cn1nc(S(=O)(=O)c2ccccc2)ccc1=O)Nc1ccc(Br)cc1. The van der Waals surface area contributed by atoms with E-state index in [4.69, 9.17) is 0 Å². The smallest absolute Gasteiger partial charge is 0.267 e. The Kier molecular flexibility index (Phi) is 5.52. The third kappa shape index (κ3) is 4.50. The van der Waals surface area contributed by atoms with E-state index in [9.17, 15) is 18.0 Å². The van der Waals surface area contributed by atoms with Crippen molar-refractivity contribution in [2.75, 3.05) is 5.32 Å². The third-order valence-electron chi connectivity index (χ3n) is 3.59. The molecule has 0 aliphatic rings. The lowest BCUT2D eigenvalue weighted by Gasteiger charge is -2.09. The summed E-state index contributed by atoms with van der Waals surface area (Å²) in [5.41, 5.74) is -0.0303. The number of hydrogen-bond acceptors (Lipinski definition) is 5. The Morgan fingerprint density at radius 3 is 2.33 bits per heavy atom. The lowest BCUT2D eigenvalue weighted by Crippen LogP contribution is -2.30. The molecule has 0 aliphatic carbocycles. The molecule has 0 spiro atoms. The molecule has 7 nitrogen and oxygen atoms in total. The number of rotatable bonds is 5. The maximum atomic E-state index is 12.6. The average molecular weight is 448 g/mol. The minimum absolute atomic E-state index is 0.0574. The highest BCUT2D eigenvalue weighted by molar-refractivity contribution is 9.10. The standard InChI is InChI=1S/C18H14BrN3O4S/c19-13-6-8-14(9-7-13)20-16(23)12-22-18(24)11-10-17(21-22)27(25,26)15-4-2-1-3-5-15/h1-11H,12H2,(H,20,23). The summed E-state index contributed by atoms with van der Waals surface area (Å²) >= 11 is 3.30. The van der Waals surface area contributed by atoms with Crippen LogP contribution in [-0.4, -0.2) is 24.1 Å². The maximum Gasteiger partial charge on any atom is 0.267 e. The first-order chi connectivity index (χ1) is 12.9. The zero-order chi connectivity index (χ0) is 19.4. The Morgan fingerprint density at radius 1 is 1.00 bits per heavy atom. The van der Waals surface area contributed by atoms with Crippen LogP contribution in [-0.2, 0) is 21.2 Å². The van der Waals surface area contributed by atoms with Gasteiger partial charge in [-0.3, -0.25) is 9.59 Å². The van der Waals surface area contributed by atoms with Crippen molar-refractivity contribution in [3.05, 3.63) is 81.6 Å². The van der Waals surface area contributed by atoms with Crippen molar-refractivity contribution in [3.63, 3.8) is 0 Å². The number of sulfone groups is 1. The number of halogens is 1. The van der Waals surface area contributed by atoms with Crippen molar-refractivity contribution in [2.45, 2.75) is 16.5 Å². The van der Waals surface area contributed by atoms with E-state index in [0.717, 1.165) is 21.3 Å². The van der Waals surface area contributed by atoms with Gasteiger partial charge in [0.15, 0.2) is 5.03 Å². The Hall–Kier alpha value is -2.78. The number of nitrogens with zero attached hydrogens (tertiary/aromatic N) is 2. The van der Waals surface area contributed by atoms with E-state index >= 15 is 0 Å². The number of aromatic nitrogens is 2. The van der Waals surface area contributed by atoms with Crippen LogP contribution >= 0.6 is 15.9 Å². The van der Waals surface area contributed by atoms with Gasteiger partial charge in [-0.1, -0.05) is 34.1 Å². The van der Waals surface area contributed by atoms with Gasteiger partial charge in [-0.25, -0.2) is 13.1 Å². The summed E-state index contributed by atoms with van der Waals surface area (Å²) in [5.74, 6) is -0.499. The molecule has 0 saturated heterocycles. The first-order valence-electron chi connectivity index (χ1n) is 7.80. The molecule has 27 heavy (non-hydrogen) atoms. The van der Waals surface area contributed by atoms with Gasteiger partial charge in [0, 0.05) is 16.2 Å². The van der Waals surface area contributed by atoms with Crippen LogP contribution in [0.5, 0.6) is 0 Å². The molecule has 0 unspecified atom stereocenters. The minimum Gasteiger partial charge on any atom is -0.324 e. The Bertz CT molecular complexity index is 1130. The molecule has 0 aliphatic heterocycles. The fourth-order valence-electron chi connectivity index (χ4n) is 2.28. The van der Waals surface area contributed by atoms with Crippen LogP contribution in [0.1, 0.15) is 0 Å². The predicted octanol–water partition coefficient (Wildman–Crippen LogP) is 2.48. The normalized spacial score (nSPS) is 11.1. The number of anilines is 1. The molecule has 138 valence electrons. The van der Waals surface area contributed by atoms with Crippen molar-refractivity contribution in [1.82, 2.24) is 9.78 Å². The van der Waals surface area contributed by atoms with E-state index in [-0.39, 0.29) is 9.92 Å². The van der Waals surface area contributed by atoms with Crippen LogP contribution in [0.15, 0.2) is 85.9 Å².